The largest absolute Gasteiger partial charge is 0.417 e. The van der Waals surface area contributed by atoms with E-state index < -0.39 is 28.6 Å². The van der Waals surface area contributed by atoms with Gasteiger partial charge in [0.2, 0.25) is 0 Å². The summed E-state index contributed by atoms with van der Waals surface area (Å²) in [6, 6.07) is 9.91. The number of fused-ring (bicyclic) bond motifs is 1. The fourth-order valence-electron chi connectivity index (χ4n) is 2.99. The Kier molecular flexibility index (Phi) is 4.66. The number of alkyl halides is 3. The first kappa shape index (κ1) is 18.3. The van der Waals surface area contributed by atoms with Gasteiger partial charge in [-0.3, -0.25) is 9.59 Å². The topological polar surface area (TPSA) is 49.4 Å². The summed E-state index contributed by atoms with van der Waals surface area (Å²) in [5.74, 6) is -1.84. The first-order valence-corrected chi connectivity index (χ1v) is 8.15. The number of nitrogens with zero attached hydrogens (tertiary/aromatic N) is 1. The molecule has 136 valence electrons. The molecule has 0 fully saturated rings. The van der Waals surface area contributed by atoms with Crippen LogP contribution in [0.15, 0.2) is 42.5 Å². The van der Waals surface area contributed by atoms with Crippen molar-refractivity contribution >= 4 is 34.8 Å². The van der Waals surface area contributed by atoms with Gasteiger partial charge in [0, 0.05) is 17.4 Å². The van der Waals surface area contributed by atoms with Crippen molar-refractivity contribution in [2.24, 2.45) is 0 Å². The van der Waals surface area contributed by atoms with Crippen LogP contribution in [0.2, 0.25) is 5.02 Å². The van der Waals surface area contributed by atoms with Crippen LogP contribution in [0.1, 0.15) is 18.1 Å². The lowest BCUT2D eigenvalue weighted by molar-refractivity contribution is -0.137. The number of hydrogen-bond donors (Lipinski definition) is 1. The van der Waals surface area contributed by atoms with Crippen molar-refractivity contribution in [3.8, 4) is 0 Å². The Morgan fingerprint density at radius 3 is 2.58 bits per heavy atom. The van der Waals surface area contributed by atoms with Gasteiger partial charge < -0.3 is 10.2 Å². The van der Waals surface area contributed by atoms with Gasteiger partial charge in [-0.05, 0) is 43.2 Å². The Morgan fingerprint density at radius 1 is 1.19 bits per heavy atom. The number of carbonyl (C=O) groups excluding carboxylic acids is 2. The summed E-state index contributed by atoms with van der Waals surface area (Å²) in [5.41, 5.74) is 0.337. The fraction of sp³-hybridized carbons (Fsp3) is 0.222. The first-order valence-electron chi connectivity index (χ1n) is 7.77. The van der Waals surface area contributed by atoms with Gasteiger partial charge in [-0.1, -0.05) is 29.8 Å². The molecule has 26 heavy (non-hydrogen) atoms. The minimum atomic E-state index is -4.66. The highest BCUT2D eigenvalue weighted by Crippen LogP contribution is 2.36. The Morgan fingerprint density at radius 2 is 1.88 bits per heavy atom. The van der Waals surface area contributed by atoms with E-state index in [0.29, 0.717) is 18.2 Å². The summed E-state index contributed by atoms with van der Waals surface area (Å²) < 4.78 is 38.7. The van der Waals surface area contributed by atoms with Crippen LogP contribution in [0.25, 0.3) is 0 Å². The summed E-state index contributed by atoms with van der Waals surface area (Å²) in [5, 5.41) is 1.74. The Labute approximate surface area is 152 Å². The molecule has 0 radical (unpaired) electrons. The predicted octanol–water partition coefficient (Wildman–Crippen LogP) is 4.28. The minimum absolute atomic E-state index is 0.153. The highest BCUT2D eigenvalue weighted by molar-refractivity contribution is 6.44. The molecule has 0 saturated heterocycles. The molecule has 0 bridgehead atoms. The second kappa shape index (κ2) is 6.64. The van der Waals surface area contributed by atoms with Crippen molar-refractivity contribution in [3.63, 3.8) is 0 Å². The zero-order valence-corrected chi connectivity index (χ0v) is 14.4. The number of hydrogen-bond acceptors (Lipinski definition) is 2. The van der Waals surface area contributed by atoms with Crippen molar-refractivity contribution in [2.45, 2.75) is 25.6 Å². The zero-order valence-electron chi connectivity index (χ0n) is 13.6. The summed E-state index contributed by atoms with van der Waals surface area (Å²) in [6.07, 6.45) is -4.06. The maximum atomic E-state index is 12.9. The quantitative estimate of drug-likeness (QED) is 0.749. The fourth-order valence-corrected chi connectivity index (χ4v) is 3.21. The van der Waals surface area contributed by atoms with Crippen LogP contribution in [0.4, 0.5) is 24.5 Å². The second-order valence-corrected chi connectivity index (χ2v) is 6.41. The average molecular weight is 383 g/mol. The molecule has 0 aromatic heterocycles. The Bertz CT molecular complexity index is 883. The molecule has 2 aromatic rings. The van der Waals surface area contributed by atoms with Crippen molar-refractivity contribution < 1.29 is 22.8 Å². The van der Waals surface area contributed by atoms with Gasteiger partial charge >= 0.3 is 18.0 Å². The van der Waals surface area contributed by atoms with Crippen LogP contribution in [-0.2, 0) is 22.2 Å². The number of carbonyl (C=O) groups is 2. The number of halogens is 4. The molecule has 1 unspecified atom stereocenters. The highest BCUT2D eigenvalue weighted by Gasteiger charge is 2.35. The molecule has 0 saturated carbocycles. The van der Waals surface area contributed by atoms with E-state index in [2.05, 4.69) is 5.32 Å². The lowest BCUT2D eigenvalue weighted by Crippen LogP contribution is -2.43. The average Bonchev–Trinajstić information content (AvgIpc) is 2.90. The standard InChI is InChI=1S/C18H14ClF3N2O2/c1-10-8-11-4-2-3-5-15(11)24(10)17(26)16(25)23-12-6-7-14(19)13(9-12)18(20,21)22/h2-7,9-10H,8H2,1H3,(H,23,25). The molecule has 2 amide bonds. The van der Waals surface area contributed by atoms with E-state index in [1.807, 2.05) is 12.1 Å². The van der Waals surface area contributed by atoms with Crippen LogP contribution in [0, 0.1) is 0 Å². The SMILES string of the molecule is CC1Cc2ccccc2N1C(=O)C(=O)Nc1ccc(Cl)c(C(F)(F)F)c1. The predicted molar refractivity (Wildman–Crippen MR) is 92.2 cm³/mol. The number of benzene rings is 2. The summed E-state index contributed by atoms with van der Waals surface area (Å²) in [7, 11) is 0. The molecule has 8 heteroatoms. The first-order chi connectivity index (χ1) is 12.2. The number of amides is 2. The van der Waals surface area contributed by atoms with Gasteiger partial charge in [-0.25, -0.2) is 0 Å². The smallest absolute Gasteiger partial charge is 0.318 e. The molecule has 2 aromatic carbocycles. The molecule has 0 aliphatic carbocycles. The van der Waals surface area contributed by atoms with Gasteiger partial charge in [0.1, 0.15) is 0 Å². The van der Waals surface area contributed by atoms with Gasteiger partial charge in [0.05, 0.1) is 10.6 Å². The van der Waals surface area contributed by atoms with E-state index in [1.54, 1.807) is 19.1 Å². The van der Waals surface area contributed by atoms with Crippen molar-refractivity contribution in [3.05, 3.63) is 58.6 Å². The maximum absolute atomic E-state index is 12.9. The van der Waals surface area contributed by atoms with E-state index in [9.17, 15) is 22.8 Å². The maximum Gasteiger partial charge on any atom is 0.417 e. The molecule has 3 rings (SSSR count). The number of anilines is 2. The minimum Gasteiger partial charge on any atom is -0.318 e. The summed E-state index contributed by atoms with van der Waals surface area (Å²) in [4.78, 5) is 26.2. The van der Waals surface area contributed by atoms with Gasteiger partial charge in [-0.2, -0.15) is 13.2 Å². The van der Waals surface area contributed by atoms with E-state index in [-0.39, 0.29) is 11.7 Å². The number of rotatable bonds is 1. The molecule has 1 heterocycles. The molecule has 1 atom stereocenters. The van der Waals surface area contributed by atoms with Gasteiger partial charge in [0.15, 0.2) is 0 Å². The monoisotopic (exact) mass is 382 g/mol. The van der Waals surface area contributed by atoms with E-state index in [1.165, 1.54) is 11.0 Å². The van der Waals surface area contributed by atoms with Crippen LogP contribution in [-0.4, -0.2) is 17.9 Å². The third kappa shape index (κ3) is 3.39. The van der Waals surface area contributed by atoms with Crippen LogP contribution in [0.5, 0.6) is 0 Å². The summed E-state index contributed by atoms with van der Waals surface area (Å²) in [6.45, 7) is 1.80. The van der Waals surface area contributed by atoms with Gasteiger partial charge in [0.25, 0.3) is 0 Å². The van der Waals surface area contributed by atoms with E-state index in [0.717, 1.165) is 11.6 Å². The molecule has 1 aliphatic rings. The zero-order chi connectivity index (χ0) is 19.1. The molecular weight excluding hydrogens is 369 g/mol. The van der Waals surface area contributed by atoms with Crippen molar-refractivity contribution in [1.82, 2.24) is 0 Å². The van der Waals surface area contributed by atoms with E-state index >= 15 is 0 Å². The molecule has 1 aliphatic heterocycles. The molecular formula is C18H14ClF3N2O2. The number of nitrogens with one attached hydrogen (secondary N) is 1. The second-order valence-electron chi connectivity index (χ2n) is 6.00. The van der Waals surface area contributed by atoms with Gasteiger partial charge in [-0.15, -0.1) is 0 Å². The van der Waals surface area contributed by atoms with Crippen LogP contribution >= 0.6 is 11.6 Å². The summed E-state index contributed by atoms with van der Waals surface area (Å²) >= 11 is 5.55. The van der Waals surface area contributed by atoms with Crippen LogP contribution < -0.4 is 10.2 Å². The molecule has 4 nitrogen and oxygen atoms in total. The molecule has 0 spiro atoms. The Balaban J connectivity index is 1.82. The van der Waals surface area contributed by atoms with Crippen molar-refractivity contribution in [1.29, 1.82) is 0 Å². The van der Waals surface area contributed by atoms with E-state index in [4.69, 9.17) is 11.6 Å². The number of para-hydroxylation sites is 1. The van der Waals surface area contributed by atoms with Crippen LogP contribution in [0.3, 0.4) is 0 Å². The molecule has 1 N–H and O–H groups in total. The third-order valence-corrected chi connectivity index (χ3v) is 4.48. The third-order valence-electron chi connectivity index (χ3n) is 4.15. The highest BCUT2D eigenvalue weighted by atomic mass is 35.5. The lowest BCUT2D eigenvalue weighted by Gasteiger charge is -2.22. The van der Waals surface area contributed by atoms with Crippen molar-refractivity contribution in [2.75, 3.05) is 10.2 Å². The Hall–Kier alpha value is -2.54. The lowest BCUT2D eigenvalue weighted by atomic mass is 10.1. The normalized spacial score (nSPS) is 16.3.